The molecule has 0 aliphatic carbocycles. The van der Waals surface area contributed by atoms with Gasteiger partial charge in [-0.1, -0.05) is 41.6 Å². The van der Waals surface area contributed by atoms with Gasteiger partial charge in [0.2, 0.25) is 5.91 Å². The average molecular weight is 434 g/mol. The van der Waals surface area contributed by atoms with E-state index < -0.39 is 0 Å². The maximum Gasteiger partial charge on any atom is 0.230 e. The van der Waals surface area contributed by atoms with Gasteiger partial charge in [-0.05, 0) is 43.3 Å². The number of ether oxygens (including phenoxy) is 1. The fraction of sp³-hybridized carbons (Fsp3) is 0.167. The maximum absolute atomic E-state index is 12.3. The van der Waals surface area contributed by atoms with Crippen molar-refractivity contribution in [1.29, 1.82) is 0 Å². The highest BCUT2D eigenvalue weighted by atomic mass is 32.2. The second-order valence-electron chi connectivity index (χ2n) is 7.00. The second kappa shape index (κ2) is 9.57. The molecule has 2 aromatic carbocycles. The van der Waals surface area contributed by atoms with Gasteiger partial charge in [0.05, 0.1) is 31.4 Å². The lowest BCUT2D eigenvalue weighted by Gasteiger charge is -2.04. The van der Waals surface area contributed by atoms with E-state index in [1.54, 1.807) is 19.4 Å². The number of aromatic amines is 1. The molecule has 31 heavy (non-hydrogen) atoms. The van der Waals surface area contributed by atoms with Crippen LogP contribution in [0.1, 0.15) is 11.3 Å². The first kappa shape index (κ1) is 20.8. The second-order valence-corrected chi connectivity index (χ2v) is 7.97. The largest absolute Gasteiger partial charge is 0.497 e. The van der Waals surface area contributed by atoms with Crippen molar-refractivity contribution in [3.05, 3.63) is 78.3 Å². The van der Waals surface area contributed by atoms with Crippen molar-refractivity contribution in [2.24, 2.45) is 0 Å². The third-order valence-corrected chi connectivity index (χ3v) is 5.73. The van der Waals surface area contributed by atoms with Gasteiger partial charge in [0.1, 0.15) is 22.4 Å². The Kier molecular flexibility index (Phi) is 6.43. The molecule has 0 unspecified atom stereocenters. The maximum atomic E-state index is 12.3. The SMILES string of the molecule is COc1ccc(-c2nc(SCC(=O)NCc3ccco3)c(-c3ccc(C)cc3)[nH]2)cc1. The topological polar surface area (TPSA) is 80.2 Å². The van der Waals surface area contributed by atoms with Crippen LogP contribution < -0.4 is 10.1 Å². The van der Waals surface area contributed by atoms with Gasteiger partial charge >= 0.3 is 0 Å². The summed E-state index contributed by atoms with van der Waals surface area (Å²) in [5.41, 5.74) is 4.06. The van der Waals surface area contributed by atoms with Crippen LogP contribution in [-0.4, -0.2) is 28.7 Å². The van der Waals surface area contributed by atoms with E-state index in [2.05, 4.69) is 41.5 Å². The number of rotatable bonds is 8. The molecular weight excluding hydrogens is 410 g/mol. The third kappa shape index (κ3) is 5.19. The minimum absolute atomic E-state index is 0.0785. The summed E-state index contributed by atoms with van der Waals surface area (Å²) in [5, 5.41) is 3.65. The number of furan rings is 1. The highest BCUT2D eigenvalue weighted by Crippen LogP contribution is 2.33. The number of benzene rings is 2. The van der Waals surface area contributed by atoms with Crippen molar-refractivity contribution in [3.8, 4) is 28.4 Å². The molecule has 4 rings (SSSR count). The molecule has 0 bridgehead atoms. The highest BCUT2D eigenvalue weighted by Gasteiger charge is 2.16. The molecule has 0 radical (unpaired) electrons. The van der Waals surface area contributed by atoms with Gasteiger partial charge in [-0.15, -0.1) is 0 Å². The number of thioether (sulfide) groups is 1. The van der Waals surface area contributed by atoms with Crippen molar-refractivity contribution in [2.75, 3.05) is 12.9 Å². The number of amides is 1. The number of nitrogens with one attached hydrogen (secondary N) is 2. The molecule has 0 spiro atoms. The first-order chi connectivity index (χ1) is 15.1. The van der Waals surface area contributed by atoms with Crippen molar-refractivity contribution in [2.45, 2.75) is 18.5 Å². The first-order valence-corrected chi connectivity index (χ1v) is 10.8. The first-order valence-electron chi connectivity index (χ1n) is 9.86. The van der Waals surface area contributed by atoms with E-state index in [9.17, 15) is 4.79 Å². The molecule has 0 saturated heterocycles. The minimum Gasteiger partial charge on any atom is -0.497 e. The fourth-order valence-corrected chi connectivity index (χ4v) is 3.89. The van der Waals surface area contributed by atoms with E-state index in [1.807, 2.05) is 30.3 Å². The van der Waals surface area contributed by atoms with Crippen LogP contribution in [0.15, 0.2) is 76.4 Å². The number of nitrogens with zero attached hydrogens (tertiary/aromatic N) is 1. The van der Waals surface area contributed by atoms with Crippen molar-refractivity contribution >= 4 is 17.7 Å². The number of aryl methyl sites for hydroxylation is 1. The summed E-state index contributed by atoms with van der Waals surface area (Å²) in [4.78, 5) is 20.5. The highest BCUT2D eigenvalue weighted by molar-refractivity contribution is 8.00. The molecule has 2 N–H and O–H groups in total. The molecule has 1 amide bonds. The van der Waals surface area contributed by atoms with Crippen LogP contribution in [0.2, 0.25) is 0 Å². The lowest BCUT2D eigenvalue weighted by Crippen LogP contribution is -2.24. The molecule has 6 nitrogen and oxygen atoms in total. The number of methoxy groups -OCH3 is 1. The van der Waals surface area contributed by atoms with Crippen LogP contribution in [0, 0.1) is 6.92 Å². The van der Waals surface area contributed by atoms with Crippen LogP contribution in [0.25, 0.3) is 22.6 Å². The quantitative estimate of drug-likeness (QED) is 0.380. The van der Waals surface area contributed by atoms with E-state index in [0.29, 0.717) is 6.54 Å². The Morgan fingerprint density at radius 3 is 2.52 bits per heavy atom. The third-order valence-electron chi connectivity index (χ3n) is 4.75. The Balaban J connectivity index is 1.54. The smallest absolute Gasteiger partial charge is 0.230 e. The van der Waals surface area contributed by atoms with Crippen molar-refractivity contribution < 1.29 is 13.9 Å². The predicted octanol–water partition coefficient (Wildman–Crippen LogP) is 5.06. The number of hydrogen-bond acceptors (Lipinski definition) is 5. The molecule has 7 heteroatoms. The molecule has 0 saturated carbocycles. The van der Waals surface area contributed by atoms with Gasteiger partial charge < -0.3 is 19.5 Å². The summed E-state index contributed by atoms with van der Waals surface area (Å²) in [5.74, 6) is 2.44. The molecule has 2 heterocycles. The van der Waals surface area contributed by atoms with Gasteiger partial charge in [-0.25, -0.2) is 4.98 Å². The monoisotopic (exact) mass is 433 g/mol. The number of carbonyl (C=O) groups excluding carboxylic acids is 1. The molecule has 0 aliphatic rings. The van der Waals surface area contributed by atoms with Gasteiger partial charge in [-0.3, -0.25) is 4.79 Å². The van der Waals surface area contributed by atoms with Crippen LogP contribution >= 0.6 is 11.8 Å². The van der Waals surface area contributed by atoms with Crippen LogP contribution in [0.3, 0.4) is 0 Å². The standard InChI is InChI=1S/C24H23N3O3S/c1-16-5-7-17(8-6-16)22-24(31-15-21(28)25-14-20-4-3-13-30-20)27-23(26-22)18-9-11-19(29-2)12-10-18/h3-13H,14-15H2,1-2H3,(H,25,28)(H,26,27). The Morgan fingerprint density at radius 1 is 1.10 bits per heavy atom. The number of hydrogen-bond donors (Lipinski definition) is 2. The number of carbonyl (C=O) groups is 1. The Hall–Kier alpha value is -3.45. The Bertz CT molecular complexity index is 1130. The molecule has 158 valence electrons. The minimum atomic E-state index is -0.0785. The predicted molar refractivity (Wildman–Crippen MR) is 122 cm³/mol. The molecule has 0 fully saturated rings. The summed E-state index contributed by atoms with van der Waals surface area (Å²) in [6, 6.07) is 19.6. The Morgan fingerprint density at radius 2 is 1.84 bits per heavy atom. The van der Waals surface area contributed by atoms with Gasteiger partial charge in [0.25, 0.3) is 0 Å². The van der Waals surface area contributed by atoms with Gasteiger partial charge in [-0.2, -0.15) is 0 Å². The van der Waals surface area contributed by atoms with Crippen LogP contribution in [0.5, 0.6) is 5.75 Å². The van der Waals surface area contributed by atoms with Gasteiger partial charge in [0, 0.05) is 11.1 Å². The summed E-state index contributed by atoms with van der Waals surface area (Å²) < 4.78 is 10.5. The number of imidazole rings is 1. The lowest BCUT2D eigenvalue weighted by atomic mass is 10.1. The summed E-state index contributed by atoms with van der Waals surface area (Å²) >= 11 is 1.40. The van der Waals surface area contributed by atoms with Crippen LogP contribution in [0.4, 0.5) is 0 Å². The summed E-state index contributed by atoms with van der Waals surface area (Å²) in [6.45, 7) is 2.42. The lowest BCUT2D eigenvalue weighted by molar-refractivity contribution is -0.118. The van der Waals surface area contributed by atoms with Crippen molar-refractivity contribution in [3.63, 3.8) is 0 Å². The van der Waals surface area contributed by atoms with Crippen molar-refractivity contribution in [1.82, 2.24) is 15.3 Å². The van der Waals surface area contributed by atoms with E-state index >= 15 is 0 Å². The Labute approximate surface area is 185 Å². The van der Waals surface area contributed by atoms with E-state index in [4.69, 9.17) is 14.1 Å². The van der Waals surface area contributed by atoms with E-state index in [-0.39, 0.29) is 11.7 Å². The molecule has 2 aromatic heterocycles. The molecule has 0 aliphatic heterocycles. The van der Waals surface area contributed by atoms with E-state index in [1.165, 1.54) is 17.3 Å². The van der Waals surface area contributed by atoms with Gasteiger partial charge in [0.15, 0.2) is 0 Å². The van der Waals surface area contributed by atoms with E-state index in [0.717, 1.165) is 39.2 Å². The molecule has 4 aromatic rings. The number of aromatic nitrogens is 2. The molecular formula is C24H23N3O3S. The zero-order valence-electron chi connectivity index (χ0n) is 17.3. The van der Waals surface area contributed by atoms with Crippen LogP contribution in [-0.2, 0) is 11.3 Å². The summed E-state index contributed by atoms with van der Waals surface area (Å²) in [6.07, 6.45) is 1.59. The summed E-state index contributed by atoms with van der Waals surface area (Å²) in [7, 11) is 1.64. The zero-order chi connectivity index (χ0) is 21.6. The number of H-pyrrole nitrogens is 1. The normalized spacial score (nSPS) is 10.8. The average Bonchev–Trinajstić information content (AvgIpc) is 3.47. The fourth-order valence-electron chi connectivity index (χ4n) is 3.05. The molecule has 0 atom stereocenters. The zero-order valence-corrected chi connectivity index (χ0v) is 18.2.